The summed E-state index contributed by atoms with van der Waals surface area (Å²) in [6, 6.07) is 29.3. The molecule has 4 fully saturated rings. The van der Waals surface area contributed by atoms with Gasteiger partial charge in [-0.25, -0.2) is 0 Å². The van der Waals surface area contributed by atoms with Gasteiger partial charge in [0, 0.05) is 19.3 Å². The van der Waals surface area contributed by atoms with E-state index in [1.807, 2.05) is 24.3 Å². The van der Waals surface area contributed by atoms with E-state index in [4.69, 9.17) is 37.9 Å². The summed E-state index contributed by atoms with van der Waals surface area (Å²) in [4.78, 5) is 0. The number of rotatable bonds is 18. The Morgan fingerprint density at radius 2 is 0.681 bits per heavy atom. The second-order valence-electron chi connectivity index (χ2n) is 12.6. The fourth-order valence-corrected chi connectivity index (χ4v) is 5.78. The normalized spacial score (nSPS) is 22.0. The zero-order chi connectivity index (χ0) is 31.4. The van der Waals surface area contributed by atoms with E-state index in [1.165, 1.54) is 0 Å². The third kappa shape index (κ3) is 8.26. The first-order valence-electron chi connectivity index (χ1n) is 16.6. The van der Waals surface area contributed by atoms with Crippen molar-refractivity contribution >= 4 is 0 Å². The SMILES string of the molecule is c1ccc(OCC2CO2)c(Cc2cccc(Cc3cccc(Cc4ccccc4OCC4CO4)c3OCC3CO3)c2OCC2CO2)c1. The molecule has 4 unspecified atom stereocenters. The Labute approximate surface area is 275 Å². The Kier molecular flexibility index (Phi) is 8.99. The molecule has 4 atom stereocenters. The predicted molar refractivity (Wildman–Crippen MR) is 175 cm³/mol. The van der Waals surface area contributed by atoms with Crippen molar-refractivity contribution in [2.45, 2.75) is 43.7 Å². The van der Waals surface area contributed by atoms with E-state index in [9.17, 15) is 0 Å². The standard InChI is InChI=1S/C39H40O8/c1-3-13-36(44-22-32-18-40-32)26(7-1)15-28-9-5-11-30(38(28)46-24-34-20-42-34)17-31-12-6-10-29(39(31)47-25-35-21-43-35)16-27-8-2-4-14-37(27)45-23-33-19-41-33/h1-14,32-35H,15-25H2. The summed E-state index contributed by atoms with van der Waals surface area (Å²) in [7, 11) is 0. The van der Waals surface area contributed by atoms with Crippen molar-refractivity contribution < 1.29 is 37.9 Å². The Hall–Kier alpha value is -4.08. The molecule has 0 bridgehead atoms. The van der Waals surface area contributed by atoms with Gasteiger partial charge in [0.05, 0.1) is 26.4 Å². The monoisotopic (exact) mass is 636 g/mol. The average molecular weight is 637 g/mol. The average Bonchev–Trinajstić information content (AvgIpc) is 3.91. The third-order valence-electron chi connectivity index (χ3n) is 8.73. The van der Waals surface area contributed by atoms with Crippen molar-refractivity contribution in [1.29, 1.82) is 0 Å². The van der Waals surface area contributed by atoms with Crippen LogP contribution in [0.2, 0.25) is 0 Å². The van der Waals surface area contributed by atoms with E-state index in [0.29, 0.717) is 45.7 Å². The lowest BCUT2D eigenvalue weighted by atomic mass is 9.94. The van der Waals surface area contributed by atoms with Gasteiger partial charge in [0.25, 0.3) is 0 Å². The van der Waals surface area contributed by atoms with Crippen LogP contribution in [-0.4, -0.2) is 77.3 Å². The maximum absolute atomic E-state index is 6.55. The fourth-order valence-electron chi connectivity index (χ4n) is 5.78. The smallest absolute Gasteiger partial charge is 0.126 e. The van der Waals surface area contributed by atoms with Gasteiger partial charge < -0.3 is 37.9 Å². The molecular weight excluding hydrogens is 596 g/mol. The number of hydrogen-bond donors (Lipinski definition) is 0. The van der Waals surface area contributed by atoms with E-state index >= 15 is 0 Å². The van der Waals surface area contributed by atoms with Crippen LogP contribution in [0, 0.1) is 0 Å². The lowest BCUT2D eigenvalue weighted by Crippen LogP contribution is -2.11. The van der Waals surface area contributed by atoms with Crippen LogP contribution in [-0.2, 0) is 38.2 Å². The molecule has 4 aromatic rings. The molecule has 4 aliphatic heterocycles. The first-order chi connectivity index (χ1) is 23.2. The molecule has 4 aliphatic rings. The minimum Gasteiger partial charge on any atom is -0.490 e. The topological polar surface area (TPSA) is 87.0 Å². The zero-order valence-electron chi connectivity index (χ0n) is 26.4. The molecule has 47 heavy (non-hydrogen) atoms. The number of epoxide rings is 4. The molecular formula is C39H40O8. The highest BCUT2D eigenvalue weighted by Crippen LogP contribution is 2.36. The summed E-state index contributed by atoms with van der Waals surface area (Å²) in [5.41, 5.74) is 6.65. The van der Waals surface area contributed by atoms with Gasteiger partial charge >= 0.3 is 0 Å². The largest absolute Gasteiger partial charge is 0.490 e. The number of hydrogen-bond acceptors (Lipinski definition) is 8. The van der Waals surface area contributed by atoms with Crippen LogP contribution in [0.5, 0.6) is 23.0 Å². The van der Waals surface area contributed by atoms with Crippen LogP contribution in [0.3, 0.4) is 0 Å². The Morgan fingerprint density at radius 3 is 1.04 bits per heavy atom. The molecule has 8 nitrogen and oxygen atoms in total. The van der Waals surface area contributed by atoms with Crippen molar-refractivity contribution in [3.8, 4) is 23.0 Å². The summed E-state index contributed by atoms with van der Waals surface area (Å²) < 4.78 is 47.2. The summed E-state index contributed by atoms with van der Waals surface area (Å²) in [6.45, 7) is 5.17. The highest BCUT2D eigenvalue weighted by Gasteiger charge is 2.28. The summed E-state index contributed by atoms with van der Waals surface area (Å²) in [5.74, 6) is 3.55. The molecule has 0 aliphatic carbocycles. The predicted octanol–water partition coefficient (Wildman–Crippen LogP) is 5.57. The van der Waals surface area contributed by atoms with Crippen LogP contribution in [0.15, 0.2) is 84.9 Å². The molecule has 0 N–H and O–H groups in total. The van der Waals surface area contributed by atoms with Crippen LogP contribution < -0.4 is 18.9 Å². The highest BCUT2D eigenvalue weighted by molar-refractivity contribution is 5.52. The molecule has 244 valence electrons. The van der Waals surface area contributed by atoms with Crippen molar-refractivity contribution in [2.24, 2.45) is 0 Å². The van der Waals surface area contributed by atoms with Gasteiger partial charge in [-0.2, -0.15) is 0 Å². The third-order valence-corrected chi connectivity index (χ3v) is 8.73. The van der Waals surface area contributed by atoms with Crippen LogP contribution in [0.1, 0.15) is 33.4 Å². The van der Waals surface area contributed by atoms with Gasteiger partial charge in [0.15, 0.2) is 0 Å². The molecule has 0 saturated carbocycles. The molecule has 4 saturated heterocycles. The van der Waals surface area contributed by atoms with Crippen molar-refractivity contribution in [2.75, 3.05) is 52.9 Å². The van der Waals surface area contributed by atoms with Crippen molar-refractivity contribution in [3.63, 3.8) is 0 Å². The van der Waals surface area contributed by atoms with E-state index in [2.05, 4.69) is 60.7 Å². The van der Waals surface area contributed by atoms with E-state index in [1.54, 1.807) is 0 Å². The first-order valence-corrected chi connectivity index (χ1v) is 16.6. The minimum atomic E-state index is 0.139. The van der Waals surface area contributed by atoms with E-state index in [-0.39, 0.29) is 24.4 Å². The molecule has 0 spiro atoms. The van der Waals surface area contributed by atoms with Crippen LogP contribution >= 0.6 is 0 Å². The maximum Gasteiger partial charge on any atom is 0.126 e. The zero-order valence-corrected chi connectivity index (χ0v) is 26.4. The molecule has 8 rings (SSSR count). The number of benzene rings is 4. The van der Waals surface area contributed by atoms with Gasteiger partial charge in [-0.1, -0.05) is 72.8 Å². The maximum atomic E-state index is 6.55. The molecule has 0 radical (unpaired) electrons. The molecule has 0 aromatic heterocycles. The van der Waals surface area contributed by atoms with Gasteiger partial charge in [-0.15, -0.1) is 0 Å². The Bertz CT molecular complexity index is 1550. The molecule has 8 heteroatoms. The lowest BCUT2D eigenvalue weighted by Gasteiger charge is -2.20. The van der Waals surface area contributed by atoms with Gasteiger partial charge in [0.2, 0.25) is 0 Å². The minimum absolute atomic E-state index is 0.139. The number of ether oxygens (including phenoxy) is 8. The second kappa shape index (κ2) is 14.0. The van der Waals surface area contributed by atoms with E-state index in [0.717, 1.165) is 82.8 Å². The van der Waals surface area contributed by atoms with Crippen molar-refractivity contribution in [1.82, 2.24) is 0 Å². The summed E-state index contributed by atoms with van der Waals surface area (Å²) in [6.07, 6.45) is 2.68. The van der Waals surface area contributed by atoms with Gasteiger partial charge in [-0.3, -0.25) is 0 Å². The second-order valence-corrected chi connectivity index (χ2v) is 12.6. The first kappa shape index (κ1) is 30.3. The van der Waals surface area contributed by atoms with Gasteiger partial charge in [0.1, 0.15) is 73.8 Å². The number of para-hydroxylation sites is 4. The molecule has 0 amide bonds. The molecule has 4 aromatic carbocycles. The lowest BCUT2D eigenvalue weighted by molar-refractivity contribution is 0.256. The quantitative estimate of drug-likeness (QED) is 0.131. The van der Waals surface area contributed by atoms with Crippen molar-refractivity contribution in [3.05, 3.63) is 118 Å². The van der Waals surface area contributed by atoms with Gasteiger partial charge in [-0.05, 0) is 45.5 Å². The summed E-state index contributed by atoms with van der Waals surface area (Å²) in [5, 5.41) is 0. The Balaban J connectivity index is 1.09. The Morgan fingerprint density at radius 1 is 0.383 bits per heavy atom. The van der Waals surface area contributed by atoms with E-state index < -0.39 is 0 Å². The van der Waals surface area contributed by atoms with Crippen LogP contribution in [0.4, 0.5) is 0 Å². The molecule has 4 heterocycles. The fraction of sp³-hybridized carbons (Fsp3) is 0.385. The summed E-state index contributed by atoms with van der Waals surface area (Å²) >= 11 is 0. The highest BCUT2D eigenvalue weighted by atomic mass is 16.6. The van der Waals surface area contributed by atoms with Crippen LogP contribution in [0.25, 0.3) is 0 Å².